The second-order valence-corrected chi connectivity index (χ2v) is 6.04. The van der Waals surface area contributed by atoms with Gasteiger partial charge in [-0.1, -0.05) is 23.7 Å². The van der Waals surface area contributed by atoms with E-state index in [-0.39, 0.29) is 0 Å². The van der Waals surface area contributed by atoms with Crippen LogP contribution in [0.1, 0.15) is 30.3 Å². The maximum Gasteiger partial charge on any atom is 0.115 e. The fourth-order valence-corrected chi connectivity index (χ4v) is 2.94. The van der Waals surface area contributed by atoms with Crippen LogP contribution < -0.4 is 0 Å². The summed E-state index contributed by atoms with van der Waals surface area (Å²) in [7, 11) is 0. The van der Waals surface area contributed by atoms with Crippen LogP contribution in [0.2, 0.25) is 5.02 Å². The molecule has 3 nitrogen and oxygen atoms in total. The summed E-state index contributed by atoms with van der Waals surface area (Å²) < 4.78 is 2.33. The first kappa shape index (κ1) is 12.7. The van der Waals surface area contributed by atoms with E-state index in [4.69, 9.17) is 16.6 Å². The van der Waals surface area contributed by atoms with Crippen LogP contribution in [0.3, 0.4) is 0 Å². The highest BCUT2D eigenvalue weighted by Crippen LogP contribution is 2.39. The summed E-state index contributed by atoms with van der Waals surface area (Å²) in [4.78, 5) is 4.77. The van der Waals surface area contributed by atoms with Gasteiger partial charge in [-0.05, 0) is 48.7 Å². The molecule has 0 amide bonds. The first-order chi connectivity index (χ1) is 10.2. The number of aromatic hydroxyl groups is 1. The Kier molecular flexibility index (Phi) is 2.89. The third-order valence-corrected chi connectivity index (χ3v) is 4.17. The van der Waals surface area contributed by atoms with Crippen LogP contribution in [-0.2, 0) is 6.42 Å². The summed E-state index contributed by atoms with van der Waals surface area (Å²) in [5, 5.41) is 10.1. The molecule has 1 aromatic heterocycles. The van der Waals surface area contributed by atoms with Crippen LogP contribution in [0.5, 0.6) is 5.75 Å². The predicted octanol–water partition coefficient (Wildman–Crippen LogP) is 4.32. The van der Waals surface area contributed by atoms with E-state index in [0.29, 0.717) is 11.8 Å². The summed E-state index contributed by atoms with van der Waals surface area (Å²) in [5.41, 5.74) is 3.27. The van der Waals surface area contributed by atoms with Gasteiger partial charge in [-0.3, -0.25) is 0 Å². The summed E-state index contributed by atoms with van der Waals surface area (Å²) in [6.45, 7) is 0. The van der Waals surface area contributed by atoms with Crippen molar-refractivity contribution in [3.8, 4) is 5.75 Å². The van der Waals surface area contributed by atoms with Gasteiger partial charge in [0.25, 0.3) is 0 Å². The van der Waals surface area contributed by atoms with E-state index < -0.39 is 0 Å². The summed E-state index contributed by atoms with van der Waals surface area (Å²) in [6.07, 6.45) is 3.18. The van der Waals surface area contributed by atoms with Crippen molar-refractivity contribution in [2.45, 2.75) is 25.3 Å². The highest BCUT2D eigenvalue weighted by Gasteiger charge is 2.28. The van der Waals surface area contributed by atoms with Gasteiger partial charge in [-0.15, -0.1) is 0 Å². The van der Waals surface area contributed by atoms with Crippen molar-refractivity contribution in [2.75, 3.05) is 0 Å². The number of phenols is 1. The molecule has 106 valence electrons. The van der Waals surface area contributed by atoms with E-state index in [0.717, 1.165) is 33.9 Å². The number of hydrogen-bond donors (Lipinski definition) is 1. The fraction of sp³-hybridized carbons (Fsp3) is 0.235. The second-order valence-electron chi connectivity index (χ2n) is 5.61. The highest BCUT2D eigenvalue weighted by atomic mass is 35.5. The Morgan fingerprint density at radius 1 is 1.14 bits per heavy atom. The highest BCUT2D eigenvalue weighted by molar-refractivity contribution is 6.31. The normalized spacial score (nSPS) is 14.7. The Balaban J connectivity index is 1.80. The van der Waals surface area contributed by atoms with E-state index in [1.54, 1.807) is 12.1 Å². The van der Waals surface area contributed by atoms with E-state index in [9.17, 15) is 5.11 Å². The molecule has 0 radical (unpaired) electrons. The lowest BCUT2D eigenvalue weighted by molar-refractivity contribution is 0.475. The van der Waals surface area contributed by atoms with Crippen LogP contribution in [0.15, 0.2) is 42.5 Å². The number of phenolic OH excluding ortho intramolecular Hbond substituents is 1. The summed E-state index contributed by atoms with van der Waals surface area (Å²) in [6, 6.07) is 13.8. The molecule has 4 heteroatoms. The lowest BCUT2D eigenvalue weighted by Crippen LogP contribution is -2.02. The van der Waals surface area contributed by atoms with Crippen molar-refractivity contribution in [2.24, 2.45) is 0 Å². The van der Waals surface area contributed by atoms with Crippen molar-refractivity contribution in [1.82, 2.24) is 9.55 Å². The molecule has 0 saturated heterocycles. The molecule has 0 bridgehead atoms. The average Bonchev–Trinajstić information content (AvgIpc) is 3.24. The van der Waals surface area contributed by atoms with Crippen molar-refractivity contribution in [3.05, 3.63) is 58.9 Å². The molecular formula is C17H15ClN2O. The Bertz CT molecular complexity index is 804. The molecule has 0 atom stereocenters. The summed E-state index contributed by atoms with van der Waals surface area (Å²) >= 11 is 6.13. The van der Waals surface area contributed by atoms with Gasteiger partial charge in [0, 0.05) is 17.5 Å². The van der Waals surface area contributed by atoms with Gasteiger partial charge in [-0.2, -0.15) is 0 Å². The van der Waals surface area contributed by atoms with Crippen molar-refractivity contribution in [1.29, 1.82) is 0 Å². The van der Waals surface area contributed by atoms with Crippen LogP contribution in [-0.4, -0.2) is 14.7 Å². The Labute approximate surface area is 127 Å². The van der Waals surface area contributed by atoms with E-state index >= 15 is 0 Å². The minimum atomic E-state index is 0.293. The lowest BCUT2D eigenvalue weighted by Gasteiger charge is -2.08. The SMILES string of the molecule is Oc1ccc(Cc2nc3ccc(Cl)cc3n2C2CC2)cc1. The molecule has 0 unspecified atom stereocenters. The Morgan fingerprint density at radius 3 is 2.62 bits per heavy atom. The number of halogens is 1. The molecule has 0 aliphatic heterocycles. The predicted molar refractivity (Wildman–Crippen MR) is 83.9 cm³/mol. The Morgan fingerprint density at radius 2 is 1.90 bits per heavy atom. The van der Waals surface area contributed by atoms with Gasteiger partial charge in [0.1, 0.15) is 11.6 Å². The van der Waals surface area contributed by atoms with Crippen LogP contribution in [0.4, 0.5) is 0 Å². The molecule has 1 saturated carbocycles. The van der Waals surface area contributed by atoms with Crippen LogP contribution in [0, 0.1) is 0 Å². The molecule has 1 aliphatic carbocycles. The zero-order valence-corrected chi connectivity index (χ0v) is 12.2. The first-order valence-corrected chi connectivity index (χ1v) is 7.53. The average molecular weight is 299 g/mol. The van der Waals surface area contributed by atoms with Gasteiger partial charge in [0.15, 0.2) is 0 Å². The quantitative estimate of drug-likeness (QED) is 0.782. The minimum absolute atomic E-state index is 0.293. The molecule has 21 heavy (non-hydrogen) atoms. The van der Waals surface area contributed by atoms with Gasteiger partial charge in [0.2, 0.25) is 0 Å². The molecule has 3 aromatic rings. The Hall–Kier alpha value is -2.00. The second kappa shape index (κ2) is 4.78. The van der Waals surface area contributed by atoms with Crippen LogP contribution in [0.25, 0.3) is 11.0 Å². The smallest absolute Gasteiger partial charge is 0.115 e. The first-order valence-electron chi connectivity index (χ1n) is 7.15. The monoisotopic (exact) mass is 298 g/mol. The minimum Gasteiger partial charge on any atom is -0.508 e. The van der Waals surface area contributed by atoms with Gasteiger partial charge in [-0.25, -0.2) is 4.98 Å². The van der Waals surface area contributed by atoms with E-state index in [1.165, 1.54) is 12.8 Å². The third kappa shape index (κ3) is 2.38. The van der Waals surface area contributed by atoms with Crippen LogP contribution >= 0.6 is 11.6 Å². The van der Waals surface area contributed by atoms with E-state index in [1.807, 2.05) is 30.3 Å². The molecular weight excluding hydrogens is 284 g/mol. The number of aromatic nitrogens is 2. The zero-order chi connectivity index (χ0) is 14.4. The van der Waals surface area contributed by atoms with Crippen molar-refractivity contribution < 1.29 is 5.11 Å². The molecule has 1 fully saturated rings. The third-order valence-electron chi connectivity index (χ3n) is 3.94. The summed E-state index contributed by atoms with van der Waals surface area (Å²) in [5.74, 6) is 1.36. The zero-order valence-electron chi connectivity index (χ0n) is 11.5. The number of rotatable bonds is 3. The number of nitrogens with zero attached hydrogens (tertiary/aromatic N) is 2. The molecule has 1 N–H and O–H groups in total. The largest absolute Gasteiger partial charge is 0.508 e. The molecule has 4 rings (SSSR count). The fourth-order valence-electron chi connectivity index (χ4n) is 2.78. The molecule has 0 spiro atoms. The maximum absolute atomic E-state index is 9.38. The lowest BCUT2D eigenvalue weighted by atomic mass is 10.1. The number of fused-ring (bicyclic) bond motifs is 1. The number of imidazole rings is 1. The molecule has 1 aliphatic rings. The van der Waals surface area contributed by atoms with Gasteiger partial charge in [0.05, 0.1) is 11.0 Å². The molecule has 2 aromatic carbocycles. The standard InChI is InChI=1S/C17H15ClN2O/c18-12-3-8-15-16(10-12)20(13-4-5-13)17(19-15)9-11-1-6-14(21)7-2-11/h1-3,6-8,10,13,21H,4-5,9H2. The van der Waals surface area contributed by atoms with Crippen molar-refractivity contribution in [3.63, 3.8) is 0 Å². The molecule has 1 heterocycles. The maximum atomic E-state index is 9.38. The van der Waals surface area contributed by atoms with E-state index in [2.05, 4.69) is 4.57 Å². The van der Waals surface area contributed by atoms with Crippen molar-refractivity contribution >= 4 is 22.6 Å². The topological polar surface area (TPSA) is 38.1 Å². The number of hydrogen-bond acceptors (Lipinski definition) is 2. The number of benzene rings is 2. The van der Waals surface area contributed by atoms with Gasteiger partial charge < -0.3 is 9.67 Å². The van der Waals surface area contributed by atoms with Gasteiger partial charge >= 0.3 is 0 Å².